The van der Waals surface area contributed by atoms with Crippen molar-refractivity contribution in [3.05, 3.63) is 100.0 Å². The number of carbonyl (C=O) groups is 2. The molecule has 0 radical (unpaired) electrons. The number of ether oxygens (including phenoxy) is 1. The normalized spacial score (nSPS) is 13.8. The summed E-state index contributed by atoms with van der Waals surface area (Å²) in [6.45, 7) is 3.93. The Bertz CT molecular complexity index is 1150. The van der Waals surface area contributed by atoms with Gasteiger partial charge in [-0.25, -0.2) is 4.90 Å². The van der Waals surface area contributed by atoms with Crippen LogP contribution in [0.15, 0.2) is 77.7 Å². The number of nitrogens with zero attached hydrogens (tertiary/aromatic N) is 1. The van der Waals surface area contributed by atoms with Crippen molar-refractivity contribution in [1.29, 1.82) is 0 Å². The lowest BCUT2D eigenvalue weighted by atomic mass is 10.1. The van der Waals surface area contributed by atoms with Gasteiger partial charge in [0, 0.05) is 5.75 Å². The lowest BCUT2D eigenvalue weighted by Crippen LogP contribution is -2.31. The Morgan fingerprint density at radius 3 is 2.10 bits per heavy atom. The Morgan fingerprint density at radius 2 is 1.48 bits per heavy atom. The molecule has 156 valence electrons. The molecule has 31 heavy (non-hydrogen) atoms. The summed E-state index contributed by atoms with van der Waals surface area (Å²) in [5.74, 6) is 0.735. The van der Waals surface area contributed by atoms with E-state index >= 15 is 0 Å². The quantitative estimate of drug-likeness (QED) is 0.484. The van der Waals surface area contributed by atoms with Crippen molar-refractivity contribution in [3.63, 3.8) is 0 Å². The fourth-order valence-electron chi connectivity index (χ4n) is 3.70. The molecule has 5 heteroatoms. The minimum Gasteiger partial charge on any atom is -0.497 e. The molecule has 0 aromatic heterocycles. The molecular weight excluding hydrogens is 406 g/mol. The number of hydrogen-bond acceptors (Lipinski definition) is 4. The zero-order chi connectivity index (χ0) is 22.0. The highest BCUT2D eigenvalue weighted by atomic mass is 32.2. The Hall–Kier alpha value is -3.31. The number of hydrogen-bond donors (Lipinski definition) is 0. The van der Waals surface area contributed by atoms with Crippen LogP contribution < -0.4 is 9.64 Å². The van der Waals surface area contributed by atoms with Crippen LogP contribution in [-0.2, 0) is 15.3 Å². The molecule has 0 spiro atoms. The minimum absolute atomic E-state index is 0.276. The topological polar surface area (TPSA) is 46.6 Å². The summed E-state index contributed by atoms with van der Waals surface area (Å²) < 4.78 is 5.25. The smallest absolute Gasteiger partial charge is 0.272 e. The van der Waals surface area contributed by atoms with E-state index in [2.05, 4.69) is 0 Å². The van der Waals surface area contributed by atoms with Gasteiger partial charge in [-0.15, -0.1) is 11.8 Å². The van der Waals surface area contributed by atoms with Crippen molar-refractivity contribution in [3.8, 4) is 5.75 Å². The molecule has 0 N–H and O–H groups in total. The van der Waals surface area contributed by atoms with E-state index in [4.69, 9.17) is 4.74 Å². The van der Waals surface area contributed by atoms with Crippen LogP contribution in [0.1, 0.15) is 22.3 Å². The molecular formula is C26H23NO3S. The molecule has 0 aliphatic carbocycles. The second-order valence-corrected chi connectivity index (χ2v) is 8.48. The third-order valence-corrected chi connectivity index (χ3v) is 6.26. The Balaban J connectivity index is 1.76. The molecule has 4 rings (SSSR count). The highest BCUT2D eigenvalue weighted by Gasteiger charge is 2.40. The van der Waals surface area contributed by atoms with Gasteiger partial charge in [0.05, 0.1) is 23.3 Å². The summed E-state index contributed by atoms with van der Waals surface area (Å²) in [7, 11) is 1.60. The monoisotopic (exact) mass is 429 g/mol. The van der Waals surface area contributed by atoms with Crippen molar-refractivity contribution in [1.82, 2.24) is 0 Å². The molecule has 0 saturated carbocycles. The zero-order valence-corrected chi connectivity index (χ0v) is 18.5. The highest BCUT2D eigenvalue weighted by molar-refractivity contribution is 8.03. The summed E-state index contributed by atoms with van der Waals surface area (Å²) in [4.78, 5) is 28.8. The summed E-state index contributed by atoms with van der Waals surface area (Å²) in [5.41, 5.74) is 4.86. The van der Waals surface area contributed by atoms with E-state index in [9.17, 15) is 9.59 Å². The van der Waals surface area contributed by atoms with Crippen molar-refractivity contribution in [2.75, 3.05) is 12.0 Å². The number of aryl methyl sites for hydroxylation is 2. The van der Waals surface area contributed by atoms with Crippen LogP contribution in [0, 0.1) is 13.8 Å². The largest absolute Gasteiger partial charge is 0.497 e. The fourth-order valence-corrected chi connectivity index (χ4v) is 4.77. The van der Waals surface area contributed by atoms with E-state index < -0.39 is 0 Å². The average molecular weight is 430 g/mol. The van der Waals surface area contributed by atoms with Gasteiger partial charge >= 0.3 is 0 Å². The van der Waals surface area contributed by atoms with Gasteiger partial charge in [-0.05, 0) is 60.4 Å². The number of rotatable bonds is 6. The predicted molar refractivity (Wildman–Crippen MR) is 126 cm³/mol. The molecule has 0 saturated heterocycles. The highest BCUT2D eigenvalue weighted by Crippen LogP contribution is 2.40. The van der Waals surface area contributed by atoms with Gasteiger partial charge in [-0.3, -0.25) is 9.59 Å². The summed E-state index contributed by atoms with van der Waals surface area (Å²) >= 11 is 1.41. The van der Waals surface area contributed by atoms with Crippen LogP contribution in [0.4, 0.5) is 5.69 Å². The summed E-state index contributed by atoms with van der Waals surface area (Å²) in [5, 5.41) is 0. The fraction of sp³-hybridized carbons (Fsp3) is 0.154. The van der Waals surface area contributed by atoms with Crippen molar-refractivity contribution in [2.24, 2.45) is 0 Å². The number of benzene rings is 3. The number of carbonyl (C=O) groups excluding carboxylic acids is 2. The Kier molecular flexibility index (Phi) is 5.96. The van der Waals surface area contributed by atoms with Crippen LogP contribution in [0.2, 0.25) is 0 Å². The van der Waals surface area contributed by atoms with Gasteiger partial charge in [-0.1, -0.05) is 48.5 Å². The van der Waals surface area contributed by atoms with E-state index in [0.29, 0.717) is 33.2 Å². The first-order valence-electron chi connectivity index (χ1n) is 10.0. The molecule has 3 aromatic carbocycles. The average Bonchev–Trinajstić information content (AvgIpc) is 3.01. The maximum absolute atomic E-state index is 13.5. The molecule has 0 bridgehead atoms. The maximum Gasteiger partial charge on any atom is 0.272 e. The van der Waals surface area contributed by atoms with Gasteiger partial charge in [-0.2, -0.15) is 0 Å². The lowest BCUT2D eigenvalue weighted by Gasteiger charge is -2.17. The van der Waals surface area contributed by atoms with Crippen LogP contribution in [0.25, 0.3) is 5.57 Å². The van der Waals surface area contributed by atoms with E-state index in [0.717, 1.165) is 16.7 Å². The Morgan fingerprint density at radius 1 is 0.839 bits per heavy atom. The number of methoxy groups -OCH3 is 1. The van der Waals surface area contributed by atoms with E-state index in [1.165, 1.54) is 16.7 Å². The molecule has 2 amide bonds. The van der Waals surface area contributed by atoms with Crippen molar-refractivity contribution in [2.45, 2.75) is 19.6 Å². The minimum atomic E-state index is -0.296. The number of amides is 2. The number of thioether (sulfide) groups is 1. The lowest BCUT2D eigenvalue weighted by molar-refractivity contribution is -0.119. The first-order valence-corrected chi connectivity index (χ1v) is 11.0. The van der Waals surface area contributed by atoms with Crippen LogP contribution in [-0.4, -0.2) is 18.9 Å². The molecule has 1 aliphatic heterocycles. The summed E-state index contributed by atoms with van der Waals surface area (Å²) in [6.07, 6.45) is 0. The van der Waals surface area contributed by atoms with Gasteiger partial charge in [0.25, 0.3) is 11.8 Å². The molecule has 4 nitrogen and oxygen atoms in total. The van der Waals surface area contributed by atoms with Gasteiger partial charge < -0.3 is 4.74 Å². The molecule has 3 aromatic rings. The zero-order valence-electron chi connectivity index (χ0n) is 17.7. The van der Waals surface area contributed by atoms with Crippen LogP contribution in [0.5, 0.6) is 5.75 Å². The third kappa shape index (κ3) is 4.28. The van der Waals surface area contributed by atoms with E-state index in [1.54, 1.807) is 19.2 Å². The van der Waals surface area contributed by atoms with Crippen molar-refractivity contribution < 1.29 is 14.3 Å². The van der Waals surface area contributed by atoms with E-state index in [1.807, 2.05) is 74.5 Å². The molecule has 1 aliphatic rings. The maximum atomic E-state index is 13.5. The number of anilines is 1. The summed E-state index contributed by atoms with van der Waals surface area (Å²) in [6, 6.07) is 23.0. The third-order valence-electron chi connectivity index (χ3n) is 5.11. The predicted octanol–water partition coefficient (Wildman–Crippen LogP) is 5.53. The molecule has 1 heterocycles. The van der Waals surface area contributed by atoms with Gasteiger partial charge in [0.2, 0.25) is 0 Å². The van der Waals surface area contributed by atoms with Gasteiger partial charge in [0.1, 0.15) is 5.75 Å². The Labute approximate surface area is 186 Å². The molecule has 0 unspecified atom stereocenters. The molecule has 0 atom stereocenters. The second kappa shape index (κ2) is 8.82. The first-order chi connectivity index (χ1) is 15.0. The standard InChI is InChI=1S/C26H23NO3S/c1-17-13-18(2)15-21(14-17)27-25(28)23(20-9-11-22(30-3)12-10-20)24(26(27)29)31-16-19-7-5-4-6-8-19/h4-15H,16H2,1-3H3. The first kappa shape index (κ1) is 20.9. The van der Waals surface area contributed by atoms with Gasteiger partial charge in [0.15, 0.2) is 0 Å². The van der Waals surface area contributed by atoms with Crippen molar-refractivity contribution >= 4 is 34.8 Å². The second-order valence-electron chi connectivity index (χ2n) is 7.50. The SMILES string of the molecule is COc1ccc(C2=C(SCc3ccccc3)C(=O)N(c3cc(C)cc(C)c3)C2=O)cc1. The van der Waals surface area contributed by atoms with Crippen LogP contribution in [0.3, 0.4) is 0 Å². The van der Waals surface area contributed by atoms with E-state index in [-0.39, 0.29) is 11.8 Å². The van der Waals surface area contributed by atoms with Crippen LogP contribution >= 0.6 is 11.8 Å². The number of imide groups is 1. The molecule has 0 fully saturated rings.